The number of methoxy groups -OCH3 is 1. The summed E-state index contributed by atoms with van der Waals surface area (Å²) in [6.07, 6.45) is 0. The van der Waals surface area contributed by atoms with Crippen molar-refractivity contribution >= 4 is 40.7 Å². The molecule has 4 nitrogen and oxygen atoms in total. The molecule has 2 rings (SSSR count). The fourth-order valence-corrected chi connectivity index (χ4v) is 2.52. The summed E-state index contributed by atoms with van der Waals surface area (Å²) >= 11 is 18.1. The first-order valence-corrected chi connectivity index (χ1v) is 7.30. The number of rotatable bonds is 5. The van der Waals surface area contributed by atoms with Gasteiger partial charge < -0.3 is 15.2 Å². The Kier molecular flexibility index (Phi) is 5.40. The number of amides is 1. The summed E-state index contributed by atoms with van der Waals surface area (Å²) in [5.74, 6) is 0.0130. The molecule has 1 amide bonds. The molecule has 0 aliphatic rings. The maximum Gasteiger partial charge on any atom is 0.248 e. The van der Waals surface area contributed by atoms with E-state index in [4.69, 9.17) is 50.0 Å². The lowest BCUT2D eigenvalue weighted by Gasteiger charge is -2.14. The quantitative estimate of drug-likeness (QED) is 0.863. The second-order valence-electron chi connectivity index (χ2n) is 4.38. The highest BCUT2D eigenvalue weighted by Crippen LogP contribution is 2.37. The van der Waals surface area contributed by atoms with E-state index in [2.05, 4.69) is 0 Å². The Hall–Kier alpha value is -1.62. The van der Waals surface area contributed by atoms with Gasteiger partial charge in [-0.2, -0.15) is 0 Å². The van der Waals surface area contributed by atoms with Crippen LogP contribution in [0.15, 0.2) is 30.3 Å². The number of hydrogen-bond acceptors (Lipinski definition) is 3. The number of carbonyl (C=O) groups is 1. The third kappa shape index (κ3) is 3.77. The predicted octanol–water partition coefficient (Wildman–Crippen LogP) is 4.33. The molecule has 0 saturated heterocycles. The molecule has 22 heavy (non-hydrogen) atoms. The second-order valence-corrected chi connectivity index (χ2v) is 5.63. The second kappa shape index (κ2) is 7.09. The Bertz CT molecular complexity index is 719. The zero-order valence-electron chi connectivity index (χ0n) is 11.5. The summed E-state index contributed by atoms with van der Waals surface area (Å²) in [6, 6.07) is 7.97. The van der Waals surface area contributed by atoms with Gasteiger partial charge in [0.1, 0.15) is 6.61 Å². The SMILES string of the molecule is COc1cc(C(N)=O)cc(Cl)c1OCc1ccc(Cl)cc1Cl. The predicted molar refractivity (Wildman–Crippen MR) is 87.3 cm³/mol. The normalized spacial score (nSPS) is 10.4. The van der Waals surface area contributed by atoms with Crippen LogP contribution in [-0.4, -0.2) is 13.0 Å². The van der Waals surface area contributed by atoms with E-state index in [-0.39, 0.29) is 17.2 Å². The van der Waals surface area contributed by atoms with E-state index in [0.717, 1.165) is 5.56 Å². The van der Waals surface area contributed by atoms with Gasteiger partial charge in [-0.25, -0.2) is 0 Å². The first-order valence-electron chi connectivity index (χ1n) is 6.16. The van der Waals surface area contributed by atoms with Crippen LogP contribution in [0, 0.1) is 0 Å². The highest BCUT2D eigenvalue weighted by atomic mass is 35.5. The smallest absolute Gasteiger partial charge is 0.248 e. The van der Waals surface area contributed by atoms with Gasteiger partial charge in [0.15, 0.2) is 11.5 Å². The van der Waals surface area contributed by atoms with Gasteiger partial charge in [0.05, 0.1) is 12.1 Å². The molecule has 0 spiro atoms. The number of benzene rings is 2. The molecule has 0 heterocycles. The van der Waals surface area contributed by atoms with Crippen LogP contribution in [0.1, 0.15) is 15.9 Å². The number of carbonyl (C=O) groups excluding carboxylic acids is 1. The van der Waals surface area contributed by atoms with Gasteiger partial charge in [0.2, 0.25) is 5.91 Å². The molecule has 0 aliphatic carbocycles. The van der Waals surface area contributed by atoms with E-state index in [9.17, 15) is 4.79 Å². The van der Waals surface area contributed by atoms with Gasteiger partial charge in [-0.05, 0) is 24.3 Å². The summed E-state index contributed by atoms with van der Waals surface area (Å²) in [5, 5.41) is 1.24. The van der Waals surface area contributed by atoms with Crippen LogP contribution >= 0.6 is 34.8 Å². The number of primary amides is 1. The van der Waals surface area contributed by atoms with E-state index >= 15 is 0 Å². The molecule has 2 aromatic rings. The fraction of sp³-hybridized carbons (Fsp3) is 0.133. The number of hydrogen-bond donors (Lipinski definition) is 1. The first kappa shape index (κ1) is 16.7. The third-order valence-electron chi connectivity index (χ3n) is 2.90. The van der Waals surface area contributed by atoms with Crippen molar-refractivity contribution in [2.45, 2.75) is 6.61 Å². The van der Waals surface area contributed by atoms with Gasteiger partial charge >= 0.3 is 0 Å². The minimum atomic E-state index is -0.604. The van der Waals surface area contributed by atoms with Gasteiger partial charge in [0.25, 0.3) is 0 Å². The average Bonchev–Trinajstić information content (AvgIpc) is 2.46. The summed E-state index contributed by atoms with van der Waals surface area (Å²) in [4.78, 5) is 11.2. The van der Waals surface area contributed by atoms with Crippen molar-refractivity contribution in [3.05, 3.63) is 56.5 Å². The van der Waals surface area contributed by atoms with E-state index in [1.54, 1.807) is 18.2 Å². The Morgan fingerprint density at radius 2 is 1.86 bits per heavy atom. The van der Waals surface area contributed by atoms with Crippen LogP contribution in [0.3, 0.4) is 0 Å². The molecule has 0 fully saturated rings. The zero-order chi connectivity index (χ0) is 16.3. The van der Waals surface area contributed by atoms with Gasteiger partial charge in [-0.15, -0.1) is 0 Å². The summed E-state index contributed by atoms with van der Waals surface area (Å²) in [7, 11) is 1.44. The van der Waals surface area contributed by atoms with E-state index in [1.807, 2.05) is 0 Å². The number of halogens is 3. The Morgan fingerprint density at radius 3 is 2.45 bits per heavy atom. The standard InChI is InChI=1S/C15H12Cl3NO3/c1-21-13-5-9(15(19)20)4-12(18)14(13)22-7-8-2-3-10(16)6-11(8)17/h2-6H,7H2,1H3,(H2,19,20). The molecular formula is C15H12Cl3NO3. The largest absolute Gasteiger partial charge is 0.493 e. The first-order chi connectivity index (χ1) is 10.4. The minimum absolute atomic E-state index is 0.169. The lowest BCUT2D eigenvalue weighted by molar-refractivity contribution is 0.1000. The summed E-state index contributed by atoms with van der Waals surface area (Å²) in [5.41, 5.74) is 6.21. The average molecular weight is 361 g/mol. The van der Waals surface area contributed by atoms with Crippen molar-refractivity contribution in [3.63, 3.8) is 0 Å². The van der Waals surface area contributed by atoms with Crippen molar-refractivity contribution in [1.82, 2.24) is 0 Å². The van der Waals surface area contributed by atoms with Gasteiger partial charge in [-0.3, -0.25) is 4.79 Å². The molecule has 2 aromatic carbocycles. The molecule has 0 atom stereocenters. The van der Waals surface area contributed by atoms with Crippen molar-refractivity contribution < 1.29 is 14.3 Å². The van der Waals surface area contributed by atoms with Gasteiger partial charge in [0, 0.05) is 21.2 Å². The van der Waals surface area contributed by atoms with E-state index < -0.39 is 5.91 Å². The molecule has 2 N–H and O–H groups in total. The molecule has 0 bridgehead atoms. The maximum atomic E-state index is 11.2. The summed E-state index contributed by atoms with van der Waals surface area (Å²) in [6.45, 7) is 0.169. The fourth-order valence-electron chi connectivity index (χ4n) is 1.79. The monoisotopic (exact) mass is 359 g/mol. The topological polar surface area (TPSA) is 61.5 Å². The van der Waals surface area contributed by atoms with Crippen molar-refractivity contribution in [2.24, 2.45) is 5.73 Å². The van der Waals surface area contributed by atoms with Gasteiger partial charge in [-0.1, -0.05) is 40.9 Å². The Balaban J connectivity index is 2.27. The van der Waals surface area contributed by atoms with Crippen LogP contribution in [0.25, 0.3) is 0 Å². The third-order valence-corrected chi connectivity index (χ3v) is 3.77. The zero-order valence-corrected chi connectivity index (χ0v) is 13.8. The number of ether oxygens (including phenoxy) is 2. The van der Waals surface area contributed by atoms with Crippen LogP contribution in [0.4, 0.5) is 0 Å². The molecular weight excluding hydrogens is 349 g/mol. The van der Waals surface area contributed by atoms with Crippen molar-refractivity contribution in [1.29, 1.82) is 0 Å². The molecule has 116 valence electrons. The Labute approximate surface area is 142 Å². The molecule has 0 radical (unpaired) electrons. The van der Waals surface area contributed by atoms with E-state index in [1.165, 1.54) is 19.2 Å². The Morgan fingerprint density at radius 1 is 1.14 bits per heavy atom. The molecule has 0 unspecified atom stereocenters. The lowest BCUT2D eigenvalue weighted by Crippen LogP contribution is -2.11. The summed E-state index contributed by atoms with van der Waals surface area (Å²) < 4.78 is 10.8. The molecule has 7 heteroatoms. The molecule has 0 saturated carbocycles. The van der Waals surface area contributed by atoms with Crippen LogP contribution in [0.5, 0.6) is 11.5 Å². The molecule has 0 aromatic heterocycles. The van der Waals surface area contributed by atoms with Crippen LogP contribution in [-0.2, 0) is 6.61 Å². The van der Waals surface area contributed by atoms with Crippen LogP contribution < -0.4 is 15.2 Å². The highest BCUT2D eigenvalue weighted by Gasteiger charge is 2.15. The lowest BCUT2D eigenvalue weighted by atomic mass is 10.2. The number of nitrogens with two attached hydrogens (primary N) is 1. The highest BCUT2D eigenvalue weighted by molar-refractivity contribution is 6.35. The minimum Gasteiger partial charge on any atom is -0.493 e. The van der Waals surface area contributed by atoms with Crippen molar-refractivity contribution in [2.75, 3.05) is 7.11 Å². The van der Waals surface area contributed by atoms with Crippen molar-refractivity contribution in [3.8, 4) is 11.5 Å². The maximum absolute atomic E-state index is 11.2. The molecule has 0 aliphatic heterocycles. The van der Waals surface area contributed by atoms with Crippen LogP contribution in [0.2, 0.25) is 15.1 Å². The van der Waals surface area contributed by atoms with E-state index in [0.29, 0.717) is 21.5 Å².